The van der Waals surface area contributed by atoms with Crippen molar-refractivity contribution in [1.82, 2.24) is 15.2 Å². The molecule has 2 N–H and O–H groups in total. The van der Waals surface area contributed by atoms with Crippen LogP contribution in [0.1, 0.15) is 26.2 Å². The largest absolute Gasteiger partial charge is 0.322 e. The fourth-order valence-corrected chi connectivity index (χ4v) is 2.74. The Kier molecular flexibility index (Phi) is 6.42. The fourth-order valence-electron chi connectivity index (χ4n) is 2.57. The summed E-state index contributed by atoms with van der Waals surface area (Å²) in [5.41, 5.74) is 0.566. The maximum atomic E-state index is 12.1. The number of anilines is 1. The summed E-state index contributed by atoms with van der Waals surface area (Å²) < 4.78 is 0. The van der Waals surface area contributed by atoms with E-state index in [0.29, 0.717) is 23.4 Å². The lowest BCUT2D eigenvalue weighted by Gasteiger charge is -2.29. The Bertz CT molecular complexity index is 463. The Morgan fingerprint density at radius 2 is 2.43 bits per heavy atom. The lowest BCUT2D eigenvalue weighted by Crippen LogP contribution is -2.45. The van der Waals surface area contributed by atoms with Gasteiger partial charge in [0.15, 0.2) is 5.15 Å². The standard InChI is InChI=1S/C15H23ClN4O/c1-2-20(10-12-6-3-4-8-17-12)11-14(21)19-13-7-5-9-18-15(13)16/h5,7,9,12,17H,2-4,6,8,10-11H2,1H3,(H,19,21). The molecule has 1 atom stereocenters. The van der Waals surface area contributed by atoms with Gasteiger partial charge in [-0.2, -0.15) is 0 Å². The molecule has 0 aromatic carbocycles. The van der Waals surface area contributed by atoms with E-state index in [2.05, 4.69) is 27.4 Å². The average molecular weight is 311 g/mol. The Hall–Kier alpha value is -1.17. The molecule has 1 aromatic heterocycles. The minimum Gasteiger partial charge on any atom is -0.322 e. The van der Waals surface area contributed by atoms with Gasteiger partial charge in [0, 0.05) is 18.8 Å². The van der Waals surface area contributed by atoms with E-state index in [0.717, 1.165) is 19.6 Å². The van der Waals surface area contributed by atoms with Gasteiger partial charge in [0.2, 0.25) is 5.91 Å². The molecule has 2 heterocycles. The van der Waals surface area contributed by atoms with Crippen LogP contribution in [0, 0.1) is 0 Å². The molecule has 0 spiro atoms. The summed E-state index contributed by atoms with van der Waals surface area (Å²) in [6.07, 6.45) is 5.31. The normalized spacial score (nSPS) is 18.7. The first kappa shape index (κ1) is 16.2. The Morgan fingerprint density at radius 3 is 3.10 bits per heavy atom. The number of nitrogens with one attached hydrogen (secondary N) is 2. The zero-order valence-electron chi connectivity index (χ0n) is 12.4. The molecule has 1 aromatic rings. The van der Waals surface area contributed by atoms with Crippen LogP contribution in [0.3, 0.4) is 0 Å². The summed E-state index contributed by atoms with van der Waals surface area (Å²) in [5, 5.41) is 6.65. The van der Waals surface area contributed by atoms with Crippen LogP contribution in [-0.4, -0.2) is 48.0 Å². The number of carbonyl (C=O) groups is 1. The zero-order chi connectivity index (χ0) is 15.1. The molecule has 1 aliphatic heterocycles. The summed E-state index contributed by atoms with van der Waals surface area (Å²) in [6.45, 7) is 5.30. The van der Waals surface area contributed by atoms with E-state index in [9.17, 15) is 4.79 Å². The lowest BCUT2D eigenvalue weighted by atomic mass is 10.0. The van der Waals surface area contributed by atoms with Gasteiger partial charge < -0.3 is 10.6 Å². The first-order valence-corrected chi connectivity index (χ1v) is 7.93. The monoisotopic (exact) mass is 310 g/mol. The second-order valence-corrected chi connectivity index (χ2v) is 5.72. The number of carbonyl (C=O) groups excluding carboxylic acids is 1. The van der Waals surface area contributed by atoms with Crippen LogP contribution in [0.15, 0.2) is 18.3 Å². The number of halogens is 1. The smallest absolute Gasteiger partial charge is 0.238 e. The summed E-state index contributed by atoms with van der Waals surface area (Å²) in [5.74, 6) is -0.0532. The van der Waals surface area contributed by atoms with Crippen molar-refractivity contribution < 1.29 is 4.79 Å². The highest BCUT2D eigenvalue weighted by Gasteiger charge is 2.18. The lowest BCUT2D eigenvalue weighted by molar-refractivity contribution is -0.117. The molecule has 1 unspecified atom stereocenters. The molecule has 1 amide bonds. The predicted octanol–water partition coefficient (Wildman–Crippen LogP) is 2.14. The number of hydrogen-bond acceptors (Lipinski definition) is 4. The van der Waals surface area contributed by atoms with Crippen LogP contribution in [0.5, 0.6) is 0 Å². The number of piperidine rings is 1. The van der Waals surface area contributed by atoms with Crippen molar-refractivity contribution in [3.8, 4) is 0 Å². The number of nitrogens with zero attached hydrogens (tertiary/aromatic N) is 2. The third kappa shape index (κ3) is 5.26. The van der Waals surface area contributed by atoms with Crippen molar-refractivity contribution in [3.05, 3.63) is 23.5 Å². The van der Waals surface area contributed by atoms with Crippen molar-refractivity contribution in [2.24, 2.45) is 0 Å². The van der Waals surface area contributed by atoms with Gasteiger partial charge in [0.1, 0.15) is 0 Å². The van der Waals surface area contributed by atoms with Crippen LogP contribution >= 0.6 is 11.6 Å². The van der Waals surface area contributed by atoms with Crippen LogP contribution < -0.4 is 10.6 Å². The van der Waals surface area contributed by atoms with Crippen LogP contribution in [0.4, 0.5) is 5.69 Å². The number of aromatic nitrogens is 1. The van der Waals surface area contributed by atoms with E-state index < -0.39 is 0 Å². The van der Waals surface area contributed by atoms with E-state index in [-0.39, 0.29) is 5.91 Å². The minimum absolute atomic E-state index is 0.0532. The summed E-state index contributed by atoms with van der Waals surface area (Å²) >= 11 is 5.94. The van der Waals surface area contributed by atoms with Crippen molar-refractivity contribution >= 4 is 23.2 Å². The quantitative estimate of drug-likeness (QED) is 0.790. The molecule has 0 aliphatic carbocycles. The van der Waals surface area contributed by atoms with Gasteiger partial charge in [-0.25, -0.2) is 4.98 Å². The van der Waals surface area contributed by atoms with Crippen molar-refractivity contribution in [2.45, 2.75) is 32.2 Å². The summed E-state index contributed by atoms with van der Waals surface area (Å²) in [4.78, 5) is 18.2. The van der Waals surface area contributed by atoms with Gasteiger partial charge in [-0.05, 0) is 38.1 Å². The first-order valence-electron chi connectivity index (χ1n) is 7.55. The van der Waals surface area contributed by atoms with Crippen molar-refractivity contribution in [3.63, 3.8) is 0 Å². The van der Waals surface area contributed by atoms with Crippen molar-refractivity contribution in [2.75, 3.05) is 31.5 Å². The van der Waals surface area contributed by atoms with Gasteiger partial charge in [-0.1, -0.05) is 24.9 Å². The molecule has 116 valence electrons. The highest BCUT2D eigenvalue weighted by molar-refractivity contribution is 6.32. The SMILES string of the molecule is CCN(CC(=O)Nc1cccnc1Cl)CC1CCCCN1. The molecule has 21 heavy (non-hydrogen) atoms. The Balaban J connectivity index is 1.83. The summed E-state index contributed by atoms with van der Waals surface area (Å²) in [7, 11) is 0. The predicted molar refractivity (Wildman–Crippen MR) is 85.6 cm³/mol. The van der Waals surface area contributed by atoms with Crippen LogP contribution in [0.2, 0.25) is 5.15 Å². The molecule has 0 saturated carbocycles. The Labute approximate surface area is 131 Å². The second kappa shape index (κ2) is 8.32. The van der Waals surface area contributed by atoms with E-state index >= 15 is 0 Å². The topological polar surface area (TPSA) is 57.3 Å². The number of likely N-dealkylation sites (N-methyl/N-ethyl adjacent to an activating group) is 1. The molecule has 1 fully saturated rings. The fraction of sp³-hybridized carbons (Fsp3) is 0.600. The highest BCUT2D eigenvalue weighted by atomic mass is 35.5. The highest BCUT2D eigenvalue weighted by Crippen LogP contribution is 2.17. The van der Waals surface area contributed by atoms with E-state index in [1.807, 2.05) is 0 Å². The maximum absolute atomic E-state index is 12.1. The van der Waals surface area contributed by atoms with Gasteiger partial charge in [0.25, 0.3) is 0 Å². The molecule has 6 heteroatoms. The molecule has 0 bridgehead atoms. The Morgan fingerprint density at radius 1 is 1.57 bits per heavy atom. The minimum atomic E-state index is -0.0532. The van der Waals surface area contributed by atoms with Crippen LogP contribution in [0.25, 0.3) is 0 Å². The van der Waals surface area contributed by atoms with E-state index in [1.165, 1.54) is 19.3 Å². The number of amides is 1. The zero-order valence-corrected chi connectivity index (χ0v) is 13.2. The molecular weight excluding hydrogens is 288 g/mol. The van der Waals surface area contributed by atoms with E-state index in [1.54, 1.807) is 18.3 Å². The first-order chi connectivity index (χ1) is 10.2. The second-order valence-electron chi connectivity index (χ2n) is 5.36. The number of pyridine rings is 1. The van der Waals surface area contributed by atoms with Gasteiger partial charge >= 0.3 is 0 Å². The van der Waals surface area contributed by atoms with Gasteiger partial charge in [0.05, 0.1) is 12.2 Å². The number of rotatable bonds is 6. The van der Waals surface area contributed by atoms with Gasteiger partial charge in [-0.15, -0.1) is 0 Å². The summed E-state index contributed by atoms with van der Waals surface area (Å²) in [6, 6.07) is 4.01. The third-order valence-electron chi connectivity index (χ3n) is 3.74. The maximum Gasteiger partial charge on any atom is 0.238 e. The average Bonchev–Trinajstić information content (AvgIpc) is 2.50. The van der Waals surface area contributed by atoms with Crippen molar-refractivity contribution in [1.29, 1.82) is 0 Å². The van der Waals surface area contributed by atoms with Crippen LogP contribution in [-0.2, 0) is 4.79 Å². The molecule has 2 rings (SSSR count). The third-order valence-corrected chi connectivity index (χ3v) is 4.04. The molecular formula is C15H23ClN4O. The van der Waals surface area contributed by atoms with Gasteiger partial charge in [-0.3, -0.25) is 9.69 Å². The molecule has 0 radical (unpaired) electrons. The number of hydrogen-bond donors (Lipinski definition) is 2. The molecule has 5 nitrogen and oxygen atoms in total. The van der Waals surface area contributed by atoms with E-state index in [4.69, 9.17) is 11.6 Å². The molecule has 1 aliphatic rings. The molecule has 1 saturated heterocycles.